The van der Waals surface area contributed by atoms with E-state index in [1.165, 1.54) is 0 Å². The van der Waals surface area contributed by atoms with Crippen molar-refractivity contribution in [2.24, 2.45) is 0 Å². The van der Waals surface area contributed by atoms with E-state index < -0.39 is 25.3 Å². The van der Waals surface area contributed by atoms with E-state index >= 15 is 0 Å². The predicted molar refractivity (Wildman–Crippen MR) is 70.0 cm³/mol. The maximum Gasteiger partial charge on any atom is 0.411 e. The third-order valence-electron chi connectivity index (χ3n) is 2.43. The first-order valence-electron chi connectivity index (χ1n) is 6.18. The van der Waals surface area contributed by atoms with E-state index in [0.717, 1.165) is 0 Å². The third kappa shape index (κ3) is 4.85. The summed E-state index contributed by atoms with van der Waals surface area (Å²) in [6.07, 6.45) is -4.46. The van der Waals surface area contributed by atoms with Crippen molar-refractivity contribution < 1.29 is 27.2 Å². The Balaban J connectivity index is 1.94. The molecule has 118 valence electrons. The van der Waals surface area contributed by atoms with E-state index in [2.05, 4.69) is 20.2 Å². The Hall–Kier alpha value is -2.42. The van der Waals surface area contributed by atoms with E-state index in [-0.39, 0.29) is 0 Å². The topological polar surface area (TPSA) is 77.2 Å². The first-order valence-corrected chi connectivity index (χ1v) is 6.18. The summed E-state index contributed by atoms with van der Waals surface area (Å²) in [5, 5.41) is 6.16. The van der Waals surface area contributed by atoms with Gasteiger partial charge in [0, 0.05) is 18.2 Å². The molecule has 0 fully saturated rings. The highest BCUT2D eigenvalue weighted by molar-refractivity contribution is 5.92. The molecular formula is C13H12F3N3O3. The summed E-state index contributed by atoms with van der Waals surface area (Å²) in [4.78, 5) is 15.5. The number of carbonyl (C=O) groups excluding carboxylic acids is 1. The predicted octanol–water partition coefficient (Wildman–Crippen LogP) is 2.56. The quantitative estimate of drug-likeness (QED) is 0.917. The number of hydrogen-bond acceptors (Lipinski definition) is 5. The molecule has 9 heteroatoms. The van der Waals surface area contributed by atoms with Crippen LogP contribution in [0.1, 0.15) is 5.89 Å². The number of hydrogen-bond donors (Lipinski definition) is 1. The van der Waals surface area contributed by atoms with Crippen molar-refractivity contribution in [3.63, 3.8) is 0 Å². The number of nitrogens with zero attached hydrogens (tertiary/aromatic N) is 2. The summed E-state index contributed by atoms with van der Waals surface area (Å²) >= 11 is 0. The molecule has 22 heavy (non-hydrogen) atoms. The van der Waals surface area contributed by atoms with Crippen LogP contribution in [0.5, 0.6) is 0 Å². The lowest BCUT2D eigenvalue weighted by Gasteiger charge is -2.08. The second-order valence-electron chi connectivity index (χ2n) is 4.37. The number of aromatic nitrogens is 2. The van der Waals surface area contributed by atoms with Crippen LogP contribution in [0, 0.1) is 6.92 Å². The molecule has 0 saturated carbocycles. The van der Waals surface area contributed by atoms with Gasteiger partial charge in [-0.25, -0.2) is 0 Å². The molecule has 1 heterocycles. The number of carbonyl (C=O) groups is 1. The maximum absolute atomic E-state index is 11.9. The number of nitrogens with one attached hydrogen (secondary N) is 1. The standard InChI is InChI=1S/C13H12F3N3O3/c1-8-17-12(19-22-8)9-3-2-4-10(5-9)18-11(20)6-21-7-13(14,15)16/h2-5H,6-7H2,1H3,(H,18,20). The average Bonchev–Trinajstić information content (AvgIpc) is 2.84. The van der Waals surface area contributed by atoms with Crippen molar-refractivity contribution in [2.45, 2.75) is 13.1 Å². The van der Waals surface area contributed by atoms with Crippen molar-refractivity contribution in [3.05, 3.63) is 30.2 Å². The molecule has 0 bridgehead atoms. The van der Waals surface area contributed by atoms with Gasteiger partial charge in [0.15, 0.2) is 0 Å². The van der Waals surface area contributed by atoms with Crippen LogP contribution in [0.3, 0.4) is 0 Å². The van der Waals surface area contributed by atoms with Crippen LogP contribution in [0.4, 0.5) is 18.9 Å². The zero-order valence-corrected chi connectivity index (χ0v) is 11.5. The van der Waals surface area contributed by atoms with Gasteiger partial charge in [0.2, 0.25) is 17.6 Å². The fourth-order valence-corrected chi connectivity index (χ4v) is 1.61. The molecule has 0 aliphatic carbocycles. The Morgan fingerprint density at radius 3 is 2.82 bits per heavy atom. The summed E-state index contributed by atoms with van der Waals surface area (Å²) < 4.78 is 44.8. The fourth-order valence-electron chi connectivity index (χ4n) is 1.61. The van der Waals surface area contributed by atoms with E-state index in [4.69, 9.17) is 4.52 Å². The zero-order chi connectivity index (χ0) is 16.2. The molecule has 1 N–H and O–H groups in total. The van der Waals surface area contributed by atoms with Crippen molar-refractivity contribution in [3.8, 4) is 11.4 Å². The lowest BCUT2D eigenvalue weighted by atomic mass is 10.2. The molecule has 0 spiro atoms. The number of alkyl halides is 3. The molecule has 6 nitrogen and oxygen atoms in total. The van der Waals surface area contributed by atoms with Gasteiger partial charge in [0.05, 0.1) is 0 Å². The Labute approximate surface area is 123 Å². The second-order valence-corrected chi connectivity index (χ2v) is 4.37. The number of ether oxygens (including phenoxy) is 1. The van der Waals surface area contributed by atoms with Crippen LogP contribution in [-0.4, -0.2) is 35.4 Å². The van der Waals surface area contributed by atoms with Crippen LogP contribution >= 0.6 is 0 Å². The summed E-state index contributed by atoms with van der Waals surface area (Å²) in [5.74, 6) is 0.0533. The van der Waals surface area contributed by atoms with Gasteiger partial charge in [0.25, 0.3) is 0 Å². The second kappa shape index (κ2) is 6.56. The van der Waals surface area contributed by atoms with E-state index in [9.17, 15) is 18.0 Å². The lowest BCUT2D eigenvalue weighted by molar-refractivity contribution is -0.174. The van der Waals surface area contributed by atoms with Crippen molar-refractivity contribution in [1.82, 2.24) is 10.1 Å². The number of anilines is 1. The monoisotopic (exact) mass is 315 g/mol. The number of rotatable bonds is 5. The van der Waals surface area contributed by atoms with Crippen LogP contribution in [0.15, 0.2) is 28.8 Å². The van der Waals surface area contributed by atoms with Gasteiger partial charge >= 0.3 is 6.18 Å². The summed E-state index contributed by atoms with van der Waals surface area (Å²) in [7, 11) is 0. The van der Waals surface area contributed by atoms with Gasteiger partial charge in [-0.1, -0.05) is 17.3 Å². The van der Waals surface area contributed by atoms with Gasteiger partial charge in [-0.15, -0.1) is 0 Å². The van der Waals surface area contributed by atoms with Crippen LogP contribution in [-0.2, 0) is 9.53 Å². The van der Waals surface area contributed by atoms with E-state index in [1.807, 2.05) is 0 Å². The number of amides is 1. The Bertz CT molecular complexity index is 655. The normalized spacial score (nSPS) is 11.5. The smallest absolute Gasteiger partial charge is 0.362 e. The Morgan fingerprint density at radius 2 is 2.18 bits per heavy atom. The lowest BCUT2D eigenvalue weighted by Crippen LogP contribution is -2.23. The fraction of sp³-hybridized carbons (Fsp3) is 0.308. The minimum absolute atomic E-state index is 0.349. The van der Waals surface area contributed by atoms with Crippen molar-refractivity contribution in [2.75, 3.05) is 18.5 Å². The van der Waals surface area contributed by atoms with Crippen molar-refractivity contribution >= 4 is 11.6 Å². The van der Waals surface area contributed by atoms with Gasteiger partial charge < -0.3 is 14.6 Å². The average molecular weight is 315 g/mol. The molecule has 2 rings (SSSR count). The van der Waals surface area contributed by atoms with Crippen LogP contribution in [0.2, 0.25) is 0 Å². The molecular weight excluding hydrogens is 303 g/mol. The van der Waals surface area contributed by atoms with Gasteiger partial charge in [-0.3, -0.25) is 4.79 Å². The highest BCUT2D eigenvalue weighted by Crippen LogP contribution is 2.20. The molecule has 2 aromatic rings. The van der Waals surface area contributed by atoms with Gasteiger partial charge in [-0.05, 0) is 12.1 Å². The van der Waals surface area contributed by atoms with Crippen molar-refractivity contribution in [1.29, 1.82) is 0 Å². The first-order chi connectivity index (χ1) is 10.3. The molecule has 0 saturated heterocycles. The number of benzene rings is 1. The Kier molecular flexibility index (Phi) is 4.76. The minimum Gasteiger partial charge on any atom is -0.362 e. The minimum atomic E-state index is -4.46. The maximum atomic E-state index is 11.9. The van der Waals surface area contributed by atoms with Gasteiger partial charge in [0.1, 0.15) is 13.2 Å². The molecule has 0 aliphatic heterocycles. The molecule has 1 aromatic heterocycles. The Morgan fingerprint density at radius 1 is 1.41 bits per heavy atom. The summed E-state index contributed by atoms with van der Waals surface area (Å²) in [5.41, 5.74) is 0.992. The largest absolute Gasteiger partial charge is 0.411 e. The van der Waals surface area contributed by atoms with Crippen LogP contribution in [0.25, 0.3) is 11.4 Å². The molecule has 0 radical (unpaired) electrons. The van der Waals surface area contributed by atoms with Crippen LogP contribution < -0.4 is 5.32 Å². The number of aryl methyl sites for hydroxylation is 1. The van der Waals surface area contributed by atoms with E-state index in [1.54, 1.807) is 31.2 Å². The zero-order valence-electron chi connectivity index (χ0n) is 11.5. The molecule has 0 unspecified atom stereocenters. The molecule has 1 aromatic carbocycles. The SMILES string of the molecule is Cc1nc(-c2cccc(NC(=O)COCC(F)(F)F)c2)no1. The van der Waals surface area contributed by atoms with E-state index in [0.29, 0.717) is 23.0 Å². The summed E-state index contributed by atoms with van der Waals surface area (Å²) in [6, 6.07) is 6.51. The third-order valence-corrected chi connectivity index (χ3v) is 2.43. The highest BCUT2D eigenvalue weighted by Gasteiger charge is 2.27. The van der Waals surface area contributed by atoms with Gasteiger partial charge in [-0.2, -0.15) is 18.2 Å². The first kappa shape index (κ1) is 16.0. The number of halogens is 3. The highest BCUT2D eigenvalue weighted by atomic mass is 19.4. The summed E-state index contributed by atoms with van der Waals surface area (Å²) in [6.45, 7) is -0.520. The molecule has 1 amide bonds. The molecule has 0 aliphatic rings. The molecule has 0 atom stereocenters.